The number of nitrogens with zero attached hydrogens (tertiary/aromatic N) is 3. The predicted octanol–water partition coefficient (Wildman–Crippen LogP) is 3.23. The molecule has 1 heterocycles. The van der Waals surface area contributed by atoms with Crippen molar-refractivity contribution >= 4 is 29.9 Å². The summed E-state index contributed by atoms with van der Waals surface area (Å²) in [6, 6.07) is 4.20. The molecule has 6 heteroatoms. The van der Waals surface area contributed by atoms with E-state index in [1.165, 1.54) is 5.69 Å². The first-order chi connectivity index (χ1) is 11.0. The summed E-state index contributed by atoms with van der Waals surface area (Å²) < 4.78 is 2.13. The highest BCUT2D eigenvalue weighted by Gasteiger charge is 2.25. The van der Waals surface area contributed by atoms with Gasteiger partial charge in [0.2, 0.25) is 0 Å². The number of aromatic nitrogens is 1. The molecule has 2 N–H and O–H groups in total. The van der Waals surface area contributed by atoms with Crippen LogP contribution >= 0.6 is 24.0 Å². The molecule has 0 aromatic carbocycles. The van der Waals surface area contributed by atoms with Crippen LogP contribution in [0.4, 0.5) is 0 Å². The van der Waals surface area contributed by atoms with Gasteiger partial charge in [0, 0.05) is 45.7 Å². The topological polar surface area (TPSA) is 52.8 Å². The van der Waals surface area contributed by atoms with Crippen molar-refractivity contribution in [3.05, 3.63) is 24.0 Å². The Labute approximate surface area is 164 Å². The van der Waals surface area contributed by atoms with Gasteiger partial charge in [-0.25, -0.2) is 0 Å². The molecule has 0 radical (unpaired) electrons. The fraction of sp³-hybridized carbons (Fsp3) is 0.722. The Hall–Kier alpha value is -0.760. The van der Waals surface area contributed by atoms with Crippen molar-refractivity contribution in [2.24, 2.45) is 17.5 Å². The molecular formula is C18H35IN4O. The molecular weight excluding hydrogens is 415 g/mol. The van der Waals surface area contributed by atoms with Gasteiger partial charge in [-0.1, -0.05) is 13.8 Å². The smallest absolute Gasteiger partial charge is 0.194 e. The Morgan fingerprint density at radius 2 is 2.00 bits per heavy atom. The Kier molecular flexibility index (Phi) is 11.4. The molecule has 24 heavy (non-hydrogen) atoms. The lowest BCUT2D eigenvalue weighted by atomic mass is 9.79. The van der Waals surface area contributed by atoms with Crippen LogP contribution < -0.4 is 5.32 Å². The molecule has 0 aliphatic carbocycles. The third-order valence-electron chi connectivity index (χ3n) is 4.85. The maximum absolute atomic E-state index is 9.37. The van der Waals surface area contributed by atoms with E-state index in [9.17, 15) is 5.11 Å². The average Bonchev–Trinajstić information content (AvgIpc) is 2.95. The minimum atomic E-state index is 0. The van der Waals surface area contributed by atoms with Gasteiger partial charge in [0.25, 0.3) is 0 Å². The number of guanidine groups is 1. The van der Waals surface area contributed by atoms with E-state index >= 15 is 0 Å². The number of halogens is 1. The van der Waals surface area contributed by atoms with Gasteiger partial charge in [-0.05, 0) is 43.7 Å². The standard InChI is InChI=1S/C18H34N4O.HI/c1-6-18(7-2,11-13-23)15-20-17(19-8-3)22(5)14-16-10-9-12-21(16)4;/h9-10,12,23H,6-8,11,13-15H2,1-5H3,(H,19,20);1H. The average molecular weight is 450 g/mol. The molecule has 0 saturated carbocycles. The molecule has 0 amide bonds. The van der Waals surface area contributed by atoms with Crippen LogP contribution in [0.2, 0.25) is 0 Å². The number of aliphatic hydroxyl groups is 1. The van der Waals surface area contributed by atoms with Crippen LogP contribution in [0.25, 0.3) is 0 Å². The lowest BCUT2D eigenvalue weighted by Gasteiger charge is -2.30. The molecule has 140 valence electrons. The first kappa shape index (κ1) is 23.2. The second-order valence-electron chi connectivity index (χ2n) is 6.32. The monoisotopic (exact) mass is 450 g/mol. The Bertz CT molecular complexity index is 483. The highest BCUT2D eigenvalue weighted by molar-refractivity contribution is 14.0. The van der Waals surface area contributed by atoms with Crippen LogP contribution in [0.3, 0.4) is 0 Å². The second-order valence-corrected chi connectivity index (χ2v) is 6.32. The Morgan fingerprint density at radius 1 is 1.33 bits per heavy atom. The molecule has 0 bridgehead atoms. The van der Waals surface area contributed by atoms with E-state index in [1.807, 2.05) is 0 Å². The third kappa shape index (κ3) is 6.63. The maximum atomic E-state index is 9.37. The molecule has 0 unspecified atom stereocenters. The number of rotatable bonds is 9. The fourth-order valence-electron chi connectivity index (χ4n) is 2.83. The van der Waals surface area contributed by atoms with Gasteiger partial charge in [0.05, 0.1) is 6.54 Å². The lowest BCUT2D eigenvalue weighted by molar-refractivity contribution is 0.175. The zero-order chi connectivity index (χ0) is 17.3. The number of aryl methyl sites for hydroxylation is 1. The normalized spacial score (nSPS) is 12.0. The highest BCUT2D eigenvalue weighted by Crippen LogP contribution is 2.30. The summed E-state index contributed by atoms with van der Waals surface area (Å²) in [5.41, 5.74) is 1.35. The zero-order valence-electron chi connectivity index (χ0n) is 15.9. The highest BCUT2D eigenvalue weighted by atomic mass is 127. The first-order valence-electron chi connectivity index (χ1n) is 8.72. The van der Waals surface area contributed by atoms with Gasteiger partial charge in [-0.15, -0.1) is 24.0 Å². The van der Waals surface area contributed by atoms with Crippen molar-refractivity contribution < 1.29 is 5.11 Å². The first-order valence-corrected chi connectivity index (χ1v) is 8.72. The zero-order valence-corrected chi connectivity index (χ0v) is 18.2. The predicted molar refractivity (Wildman–Crippen MR) is 113 cm³/mol. The van der Waals surface area contributed by atoms with Gasteiger partial charge in [0.15, 0.2) is 5.96 Å². The quantitative estimate of drug-likeness (QED) is 0.345. The Balaban J connectivity index is 0.00000529. The van der Waals surface area contributed by atoms with E-state index in [2.05, 4.69) is 68.0 Å². The van der Waals surface area contributed by atoms with E-state index < -0.39 is 0 Å². The summed E-state index contributed by atoms with van der Waals surface area (Å²) in [6.07, 6.45) is 4.95. The SMILES string of the molecule is CCNC(=NCC(CC)(CC)CCO)N(C)Cc1cccn1C.I. The van der Waals surface area contributed by atoms with Crippen molar-refractivity contribution in [1.82, 2.24) is 14.8 Å². The van der Waals surface area contributed by atoms with Crippen LogP contribution in [-0.4, -0.2) is 47.3 Å². The van der Waals surface area contributed by atoms with Gasteiger partial charge < -0.3 is 19.9 Å². The van der Waals surface area contributed by atoms with Crippen LogP contribution in [-0.2, 0) is 13.6 Å². The summed E-state index contributed by atoms with van der Waals surface area (Å²) in [5, 5.41) is 12.7. The van der Waals surface area contributed by atoms with E-state index in [1.54, 1.807) is 0 Å². The van der Waals surface area contributed by atoms with Crippen molar-refractivity contribution in [3.63, 3.8) is 0 Å². The summed E-state index contributed by atoms with van der Waals surface area (Å²) in [4.78, 5) is 7.03. The Morgan fingerprint density at radius 3 is 2.46 bits per heavy atom. The van der Waals surface area contributed by atoms with Gasteiger partial charge in [0.1, 0.15) is 0 Å². The lowest BCUT2D eigenvalue weighted by Crippen LogP contribution is -2.40. The van der Waals surface area contributed by atoms with E-state index in [-0.39, 0.29) is 36.0 Å². The number of hydrogen-bond acceptors (Lipinski definition) is 2. The number of hydrogen-bond donors (Lipinski definition) is 2. The molecule has 0 saturated heterocycles. The molecule has 0 atom stereocenters. The van der Waals surface area contributed by atoms with Crippen LogP contribution in [0.1, 0.15) is 45.7 Å². The van der Waals surface area contributed by atoms with Crippen LogP contribution in [0.15, 0.2) is 23.3 Å². The van der Waals surface area contributed by atoms with Crippen molar-refractivity contribution in [2.75, 3.05) is 26.7 Å². The van der Waals surface area contributed by atoms with Crippen LogP contribution in [0, 0.1) is 5.41 Å². The minimum Gasteiger partial charge on any atom is -0.396 e. The molecule has 0 fully saturated rings. The molecule has 0 aliphatic heterocycles. The van der Waals surface area contributed by atoms with E-state index in [0.29, 0.717) is 0 Å². The van der Waals surface area contributed by atoms with E-state index in [4.69, 9.17) is 4.99 Å². The second kappa shape index (κ2) is 11.7. The summed E-state index contributed by atoms with van der Waals surface area (Å²) in [7, 11) is 4.13. The van der Waals surface area contributed by atoms with Crippen molar-refractivity contribution in [2.45, 2.75) is 46.6 Å². The molecule has 5 nitrogen and oxygen atoms in total. The molecule has 1 aromatic rings. The van der Waals surface area contributed by atoms with Crippen molar-refractivity contribution in [1.29, 1.82) is 0 Å². The van der Waals surface area contributed by atoms with Gasteiger partial charge in [-0.2, -0.15) is 0 Å². The maximum Gasteiger partial charge on any atom is 0.194 e. The summed E-state index contributed by atoms with van der Waals surface area (Å²) in [5.74, 6) is 0.929. The number of aliphatic hydroxyl groups excluding tert-OH is 1. The number of aliphatic imine (C=N–C) groups is 1. The van der Waals surface area contributed by atoms with Crippen molar-refractivity contribution in [3.8, 4) is 0 Å². The number of nitrogens with one attached hydrogen (secondary N) is 1. The summed E-state index contributed by atoms with van der Waals surface area (Å²) in [6.45, 7) is 9.12. The molecule has 1 aromatic heterocycles. The molecule has 0 aliphatic rings. The largest absolute Gasteiger partial charge is 0.396 e. The third-order valence-corrected chi connectivity index (χ3v) is 4.85. The summed E-state index contributed by atoms with van der Waals surface area (Å²) >= 11 is 0. The van der Waals surface area contributed by atoms with Gasteiger partial charge in [-0.3, -0.25) is 4.99 Å². The van der Waals surface area contributed by atoms with Crippen LogP contribution in [0.5, 0.6) is 0 Å². The molecule has 0 spiro atoms. The van der Waals surface area contributed by atoms with E-state index in [0.717, 1.165) is 44.9 Å². The van der Waals surface area contributed by atoms with Gasteiger partial charge >= 0.3 is 0 Å². The minimum absolute atomic E-state index is 0. The fourth-order valence-corrected chi connectivity index (χ4v) is 2.83. The molecule has 1 rings (SSSR count).